The fourth-order valence-corrected chi connectivity index (χ4v) is 2.64. The van der Waals surface area contributed by atoms with E-state index < -0.39 is 0 Å². The lowest BCUT2D eigenvalue weighted by Crippen LogP contribution is -2.28. The van der Waals surface area contributed by atoms with Crippen molar-refractivity contribution in [2.45, 2.75) is 32.2 Å². The van der Waals surface area contributed by atoms with Gasteiger partial charge in [-0.25, -0.2) is 0 Å². The lowest BCUT2D eigenvalue weighted by Gasteiger charge is -2.15. The highest BCUT2D eigenvalue weighted by Gasteiger charge is 2.29. The van der Waals surface area contributed by atoms with Crippen molar-refractivity contribution in [3.63, 3.8) is 0 Å². The van der Waals surface area contributed by atoms with Crippen LogP contribution >= 0.6 is 0 Å². The van der Waals surface area contributed by atoms with E-state index in [2.05, 4.69) is 10.6 Å². The van der Waals surface area contributed by atoms with E-state index in [1.807, 2.05) is 43.3 Å². The fraction of sp³-hybridized carbons (Fsp3) is 0.300. The lowest BCUT2D eigenvalue weighted by atomic mass is 10.1. The van der Waals surface area contributed by atoms with Gasteiger partial charge in [0.05, 0.1) is 12.5 Å². The molecule has 0 bridgehead atoms. The molecule has 2 aromatic rings. The number of hydrogen-bond donors (Lipinski definition) is 3. The summed E-state index contributed by atoms with van der Waals surface area (Å²) < 4.78 is 0. The van der Waals surface area contributed by atoms with Gasteiger partial charge in [-0.1, -0.05) is 24.3 Å². The summed E-state index contributed by atoms with van der Waals surface area (Å²) in [6.45, 7) is 1.94. The number of nitrogens with one attached hydrogen (secondary N) is 2. The van der Waals surface area contributed by atoms with Crippen LogP contribution in [0.1, 0.15) is 36.9 Å². The molecule has 0 heterocycles. The van der Waals surface area contributed by atoms with E-state index in [1.165, 1.54) is 0 Å². The quantitative estimate of drug-likeness (QED) is 0.708. The summed E-state index contributed by atoms with van der Waals surface area (Å²) in [4.78, 5) is 23.9. The van der Waals surface area contributed by atoms with Crippen LogP contribution in [0, 0.1) is 5.92 Å². The molecule has 1 atom stereocenters. The van der Waals surface area contributed by atoms with Gasteiger partial charge in [0.1, 0.15) is 0 Å². The molecule has 5 nitrogen and oxygen atoms in total. The molecular formula is C20H23N3O2. The maximum atomic E-state index is 12.2. The molecule has 3 rings (SSSR count). The van der Waals surface area contributed by atoms with Crippen molar-refractivity contribution in [2.75, 3.05) is 11.1 Å². The van der Waals surface area contributed by atoms with Crippen molar-refractivity contribution >= 4 is 23.2 Å². The molecule has 0 radical (unpaired) electrons. The van der Waals surface area contributed by atoms with Crippen molar-refractivity contribution in [3.05, 3.63) is 59.7 Å². The van der Waals surface area contributed by atoms with Gasteiger partial charge in [-0.15, -0.1) is 0 Å². The highest BCUT2D eigenvalue weighted by atomic mass is 16.2. The first-order chi connectivity index (χ1) is 12.0. The average molecular weight is 337 g/mol. The molecule has 1 fully saturated rings. The third-order valence-corrected chi connectivity index (χ3v) is 4.35. The minimum Gasteiger partial charge on any atom is -0.399 e. The van der Waals surface area contributed by atoms with Gasteiger partial charge in [-0.2, -0.15) is 0 Å². The molecule has 1 unspecified atom stereocenters. The minimum absolute atomic E-state index is 0.0385. The molecule has 1 aliphatic rings. The minimum atomic E-state index is -0.102. The van der Waals surface area contributed by atoms with E-state index in [0.717, 1.165) is 29.7 Å². The summed E-state index contributed by atoms with van der Waals surface area (Å²) in [6.07, 6.45) is 2.29. The second kappa shape index (κ2) is 7.38. The smallest absolute Gasteiger partial charge is 0.227 e. The van der Waals surface area contributed by atoms with Crippen molar-refractivity contribution in [1.82, 2.24) is 5.32 Å². The monoisotopic (exact) mass is 337 g/mol. The number of anilines is 2. The van der Waals surface area contributed by atoms with Gasteiger partial charge in [0.25, 0.3) is 0 Å². The van der Waals surface area contributed by atoms with E-state index in [9.17, 15) is 9.59 Å². The first-order valence-corrected chi connectivity index (χ1v) is 8.56. The molecule has 1 aliphatic carbocycles. The normalized spacial score (nSPS) is 14.6. The summed E-state index contributed by atoms with van der Waals surface area (Å²) >= 11 is 0. The molecule has 5 heteroatoms. The molecule has 2 amide bonds. The Bertz CT molecular complexity index is 750. The largest absolute Gasteiger partial charge is 0.399 e. The Hall–Kier alpha value is -2.82. The molecule has 130 valence electrons. The second-order valence-corrected chi connectivity index (χ2v) is 6.59. The zero-order valence-corrected chi connectivity index (χ0v) is 14.3. The molecule has 0 aliphatic heterocycles. The first-order valence-electron chi connectivity index (χ1n) is 8.56. The maximum absolute atomic E-state index is 12.2. The molecule has 0 aromatic heterocycles. The molecule has 1 saturated carbocycles. The van der Waals surface area contributed by atoms with Crippen molar-refractivity contribution in [3.8, 4) is 0 Å². The Labute approximate surface area is 147 Å². The van der Waals surface area contributed by atoms with Gasteiger partial charge in [0, 0.05) is 17.3 Å². The third-order valence-electron chi connectivity index (χ3n) is 4.35. The van der Waals surface area contributed by atoms with E-state index >= 15 is 0 Å². The molecule has 0 spiro atoms. The Morgan fingerprint density at radius 1 is 1.08 bits per heavy atom. The van der Waals surface area contributed by atoms with E-state index in [-0.39, 0.29) is 23.8 Å². The molecule has 0 saturated heterocycles. The van der Waals surface area contributed by atoms with Crippen molar-refractivity contribution < 1.29 is 9.59 Å². The zero-order valence-electron chi connectivity index (χ0n) is 14.3. The number of nitrogen functional groups attached to an aromatic ring is 1. The summed E-state index contributed by atoms with van der Waals surface area (Å²) in [5.41, 5.74) is 9.05. The third kappa shape index (κ3) is 4.83. The highest BCUT2D eigenvalue weighted by Crippen LogP contribution is 2.30. The van der Waals surface area contributed by atoms with Gasteiger partial charge in [-0.3, -0.25) is 9.59 Å². The van der Waals surface area contributed by atoms with Gasteiger partial charge in [-0.05, 0) is 55.2 Å². The predicted molar refractivity (Wildman–Crippen MR) is 98.9 cm³/mol. The van der Waals surface area contributed by atoms with Crippen LogP contribution in [0.15, 0.2) is 48.5 Å². The average Bonchev–Trinajstić information content (AvgIpc) is 3.42. The Balaban J connectivity index is 1.53. The number of benzene rings is 2. The van der Waals surface area contributed by atoms with Crippen LogP contribution in [0.5, 0.6) is 0 Å². The van der Waals surface area contributed by atoms with Gasteiger partial charge in [0.15, 0.2) is 0 Å². The number of rotatable bonds is 6. The van der Waals surface area contributed by atoms with Crippen LogP contribution in [0.3, 0.4) is 0 Å². The van der Waals surface area contributed by atoms with Crippen molar-refractivity contribution in [2.24, 2.45) is 5.92 Å². The summed E-state index contributed by atoms with van der Waals surface area (Å²) in [6, 6.07) is 14.8. The number of amides is 2. The van der Waals surface area contributed by atoms with E-state index in [0.29, 0.717) is 12.1 Å². The summed E-state index contributed by atoms with van der Waals surface area (Å²) in [5, 5.41) is 5.90. The summed E-state index contributed by atoms with van der Waals surface area (Å²) in [5.74, 6) is 0.243. The van der Waals surface area contributed by atoms with Gasteiger partial charge >= 0.3 is 0 Å². The van der Waals surface area contributed by atoms with Gasteiger partial charge in [0.2, 0.25) is 11.8 Å². The molecule has 25 heavy (non-hydrogen) atoms. The molecule has 4 N–H and O–H groups in total. The fourth-order valence-electron chi connectivity index (χ4n) is 2.64. The predicted octanol–water partition coefficient (Wildman–Crippen LogP) is 3.04. The van der Waals surface area contributed by atoms with Crippen LogP contribution in [-0.2, 0) is 16.0 Å². The lowest BCUT2D eigenvalue weighted by molar-refractivity contribution is -0.121. The zero-order chi connectivity index (χ0) is 17.8. The Kier molecular flexibility index (Phi) is 5.03. The number of carbonyl (C=O) groups is 2. The number of carbonyl (C=O) groups excluding carboxylic acids is 2. The molecular weight excluding hydrogens is 314 g/mol. The SMILES string of the molecule is CC(NC(=O)Cc1ccc(N)cc1)c1ccc(NC(=O)C2CC2)cc1. The van der Waals surface area contributed by atoms with E-state index in [4.69, 9.17) is 5.73 Å². The van der Waals surface area contributed by atoms with E-state index in [1.54, 1.807) is 12.1 Å². The Morgan fingerprint density at radius 2 is 1.72 bits per heavy atom. The second-order valence-electron chi connectivity index (χ2n) is 6.59. The van der Waals surface area contributed by atoms with Crippen LogP contribution in [0.25, 0.3) is 0 Å². The number of nitrogens with two attached hydrogens (primary N) is 1. The number of hydrogen-bond acceptors (Lipinski definition) is 3. The van der Waals surface area contributed by atoms with Gasteiger partial charge < -0.3 is 16.4 Å². The molecule has 2 aromatic carbocycles. The standard InChI is InChI=1S/C20H23N3O2/c1-13(22-19(24)12-14-2-8-17(21)9-3-14)15-6-10-18(11-7-15)23-20(25)16-4-5-16/h2-3,6-11,13,16H,4-5,12,21H2,1H3,(H,22,24)(H,23,25). The highest BCUT2D eigenvalue weighted by molar-refractivity contribution is 5.94. The maximum Gasteiger partial charge on any atom is 0.227 e. The van der Waals surface area contributed by atoms with Crippen molar-refractivity contribution in [1.29, 1.82) is 0 Å². The van der Waals surface area contributed by atoms with Crippen LogP contribution in [-0.4, -0.2) is 11.8 Å². The van der Waals surface area contributed by atoms with Crippen LogP contribution in [0.2, 0.25) is 0 Å². The van der Waals surface area contributed by atoms with Crippen LogP contribution < -0.4 is 16.4 Å². The summed E-state index contributed by atoms with van der Waals surface area (Å²) in [7, 11) is 0. The van der Waals surface area contributed by atoms with Crippen LogP contribution in [0.4, 0.5) is 11.4 Å². The topological polar surface area (TPSA) is 84.2 Å². The first kappa shape index (κ1) is 17.0. The Morgan fingerprint density at radius 3 is 2.32 bits per heavy atom.